The monoisotopic (exact) mass is 425 g/mol. The van der Waals surface area contributed by atoms with Crippen molar-refractivity contribution >= 4 is 40.2 Å². The van der Waals surface area contributed by atoms with E-state index in [4.69, 9.17) is 16.3 Å². The molecule has 1 heterocycles. The fraction of sp³-hybridized carbons (Fsp3) is 0.550. The summed E-state index contributed by atoms with van der Waals surface area (Å²) < 4.78 is 7.00. The molecule has 0 saturated heterocycles. The fourth-order valence-electron chi connectivity index (χ4n) is 2.54. The zero-order chi connectivity index (χ0) is 20.7. The molecule has 0 bridgehead atoms. The number of halogens is 1. The third-order valence-electron chi connectivity index (χ3n) is 4.48. The molecule has 1 atom stereocenters. The minimum atomic E-state index is -0.128. The standard InChI is InChI=1S/C20H28ClN3O3S/c1-5-27-10-6-9-24-19(26)16-8-7-15(21)11-17(16)23-20(24)28-12-18(25)22-14(4)13(2)3/h7-8,11,13-14H,5-6,9-10,12H2,1-4H3,(H,22,25). The first-order valence-electron chi connectivity index (χ1n) is 9.53. The van der Waals surface area contributed by atoms with Crippen LogP contribution in [0.25, 0.3) is 10.9 Å². The fourth-order valence-corrected chi connectivity index (χ4v) is 3.55. The molecule has 0 fully saturated rings. The Balaban J connectivity index is 2.25. The van der Waals surface area contributed by atoms with Crippen LogP contribution >= 0.6 is 23.4 Å². The lowest BCUT2D eigenvalue weighted by Gasteiger charge is -2.17. The van der Waals surface area contributed by atoms with Crippen LogP contribution in [0.4, 0.5) is 0 Å². The molecule has 28 heavy (non-hydrogen) atoms. The van der Waals surface area contributed by atoms with Gasteiger partial charge < -0.3 is 10.1 Å². The molecular formula is C20H28ClN3O3S. The van der Waals surface area contributed by atoms with E-state index in [9.17, 15) is 9.59 Å². The number of benzene rings is 1. The second kappa shape index (κ2) is 10.8. The van der Waals surface area contributed by atoms with Crippen LogP contribution in [0.2, 0.25) is 5.02 Å². The highest BCUT2D eigenvalue weighted by atomic mass is 35.5. The number of thioether (sulfide) groups is 1. The molecule has 1 aromatic carbocycles. The molecular weight excluding hydrogens is 398 g/mol. The summed E-state index contributed by atoms with van der Waals surface area (Å²) in [7, 11) is 0. The van der Waals surface area contributed by atoms with E-state index in [0.29, 0.717) is 53.2 Å². The highest BCUT2D eigenvalue weighted by molar-refractivity contribution is 7.99. The Bertz CT molecular complexity index is 870. The van der Waals surface area contributed by atoms with Gasteiger partial charge >= 0.3 is 0 Å². The smallest absolute Gasteiger partial charge is 0.262 e. The van der Waals surface area contributed by atoms with Crippen LogP contribution in [0.15, 0.2) is 28.2 Å². The van der Waals surface area contributed by atoms with Crippen molar-refractivity contribution in [1.82, 2.24) is 14.9 Å². The lowest BCUT2D eigenvalue weighted by Crippen LogP contribution is -2.37. The number of carbonyl (C=O) groups is 1. The van der Waals surface area contributed by atoms with Crippen molar-refractivity contribution in [3.63, 3.8) is 0 Å². The normalized spacial score (nSPS) is 12.5. The van der Waals surface area contributed by atoms with E-state index in [0.717, 1.165) is 0 Å². The molecule has 0 radical (unpaired) electrons. The van der Waals surface area contributed by atoms with Crippen molar-refractivity contribution in [2.45, 2.75) is 51.9 Å². The molecule has 0 aliphatic rings. The molecule has 0 aliphatic carbocycles. The number of carbonyl (C=O) groups excluding carboxylic acids is 1. The Kier molecular flexibility index (Phi) is 8.79. The van der Waals surface area contributed by atoms with Crippen molar-refractivity contribution in [1.29, 1.82) is 0 Å². The van der Waals surface area contributed by atoms with E-state index in [1.165, 1.54) is 11.8 Å². The van der Waals surface area contributed by atoms with Gasteiger partial charge in [-0.05, 0) is 44.4 Å². The SMILES string of the molecule is CCOCCCn1c(SCC(=O)NC(C)C(C)C)nc2cc(Cl)ccc2c1=O. The largest absolute Gasteiger partial charge is 0.382 e. The first-order chi connectivity index (χ1) is 13.3. The van der Waals surface area contributed by atoms with Crippen molar-refractivity contribution in [3.8, 4) is 0 Å². The zero-order valence-corrected chi connectivity index (χ0v) is 18.4. The van der Waals surface area contributed by atoms with Gasteiger partial charge in [0.2, 0.25) is 5.91 Å². The summed E-state index contributed by atoms with van der Waals surface area (Å²) in [6.07, 6.45) is 0.693. The van der Waals surface area contributed by atoms with E-state index in [-0.39, 0.29) is 23.3 Å². The van der Waals surface area contributed by atoms with Crippen LogP contribution < -0.4 is 10.9 Å². The molecule has 0 aliphatic heterocycles. The molecule has 154 valence electrons. The average Bonchev–Trinajstić information content (AvgIpc) is 2.64. The maximum absolute atomic E-state index is 13.0. The lowest BCUT2D eigenvalue weighted by atomic mass is 10.1. The third kappa shape index (κ3) is 6.22. The number of nitrogens with zero attached hydrogens (tertiary/aromatic N) is 2. The number of ether oxygens (including phenoxy) is 1. The van der Waals surface area contributed by atoms with Gasteiger partial charge in [0.05, 0.1) is 16.7 Å². The van der Waals surface area contributed by atoms with E-state index in [1.807, 2.05) is 13.8 Å². The maximum atomic E-state index is 13.0. The number of fused-ring (bicyclic) bond motifs is 1. The van der Waals surface area contributed by atoms with Gasteiger partial charge in [0, 0.05) is 30.8 Å². The van der Waals surface area contributed by atoms with E-state index in [1.54, 1.807) is 22.8 Å². The molecule has 6 nitrogen and oxygen atoms in total. The molecule has 0 spiro atoms. The number of hydrogen-bond donors (Lipinski definition) is 1. The first-order valence-corrected chi connectivity index (χ1v) is 10.9. The minimum Gasteiger partial charge on any atom is -0.382 e. The van der Waals surface area contributed by atoms with Gasteiger partial charge in [0.15, 0.2) is 5.16 Å². The second-order valence-corrected chi connectivity index (χ2v) is 8.33. The minimum absolute atomic E-state index is 0.0764. The summed E-state index contributed by atoms with van der Waals surface area (Å²) in [5.41, 5.74) is 0.411. The summed E-state index contributed by atoms with van der Waals surface area (Å²) in [5, 5.41) is 4.53. The van der Waals surface area contributed by atoms with Crippen LogP contribution in [0, 0.1) is 5.92 Å². The van der Waals surface area contributed by atoms with E-state index >= 15 is 0 Å². The molecule has 1 unspecified atom stereocenters. The van der Waals surface area contributed by atoms with Gasteiger partial charge in [-0.25, -0.2) is 4.98 Å². The van der Waals surface area contributed by atoms with E-state index < -0.39 is 0 Å². The highest BCUT2D eigenvalue weighted by Gasteiger charge is 2.15. The van der Waals surface area contributed by atoms with Crippen LogP contribution in [0.3, 0.4) is 0 Å². The molecule has 0 saturated carbocycles. The van der Waals surface area contributed by atoms with Crippen LogP contribution in [0.5, 0.6) is 0 Å². The van der Waals surface area contributed by atoms with Gasteiger partial charge in [-0.1, -0.05) is 37.2 Å². The summed E-state index contributed by atoms with van der Waals surface area (Å²) >= 11 is 7.32. The predicted molar refractivity (Wildman–Crippen MR) is 115 cm³/mol. The molecule has 2 aromatic rings. The molecule has 1 aromatic heterocycles. The highest BCUT2D eigenvalue weighted by Crippen LogP contribution is 2.21. The second-order valence-electron chi connectivity index (χ2n) is 6.95. The van der Waals surface area contributed by atoms with Gasteiger partial charge in [-0.15, -0.1) is 0 Å². The Labute approximate surface area is 175 Å². The Morgan fingerprint density at radius 1 is 1.36 bits per heavy atom. The Morgan fingerprint density at radius 2 is 2.11 bits per heavy atom. The number of aromatic nitrogens is 2. The Morgan fingerprint density at radius 3 is 2.79 bits per heavy atom. The van der Waals surface area contributed by atoms with Crippen LogP contribution in [-0.4, -0.2) is 40.5 Å². The predicted octanol–water partition coefficient (Wildman–Crippen LogP) is 3.73. The van der Waals surface area contributed by atoms with Crippen molar-refractivity contribution < 1.29 is 9.53 Å². The van der Waals surface area contributed by atoms with E-state index in [2.05, 4.69) is 24.1 Å². The summed E-state index contributed by atoms with van der Waals surface area (Å²) in [6.45, 7) is 9.72. The Hall–Kier alpha value is -1.57. The number of nitrogens with one attached hydrogen (secondary N) is 1. The molecule has 8 heteroatoms. The van der Waals surface area contributed by atoms with Gasteiger partial charge in [-0.2, -0.15) is 0 Å². The van der Waals surface area contributed by atoms with Crippen LogP contribution in [0.1, 0.15) is 34.1 Å². The molecule has 2 rings (SSSR count). The first kappa shape index (κ1) is 22.7. The number of hydrogen-bond acceptors (Lipinski definition) is 5. The van der Waals surface area contributed by atoms with Gasteiger partial charge in [0.25, 0.3) is 5.56 Å². The molecule has 1 amide bonds. The number of rotatable bonds is 10. The maximum Gasteiger partial charge on any atom is 0.262 e. The van der Waals surface area contributed by atoms with Crippen molar-refractivity contribution in [2.24, 2.45) is 5.92 Å². The van der Waals surface area contributed by atoms with Crippen molar-refractivity contribution in [3.05, 3.63) is 33.6 Å². The van der Waals surface area contributed by atoms with Crippen LogP contribution in [-0.2, 0) is 16.1 Å². The summed E-state index contributed by atoms with van der Waals surface area (Å²) in [4.78, 5) is 29.8. The average molecular weight is 426 g/mol. The zero-order valence-electron chi connectivity index (χ0n) is 16.8. The quantitative estimate of drug-likeness (QED) is 0.356. The summed E-state index contributed by atoms with van der Waals surface area (Å²) in [6, 6.07) is 5.14. The van der Waals surface area contributed by atoms with Crippen molar-refractivity contribution in [2.75, 3.05) is 19.0 Å². The van der Waals surface area contributed by atoms with Gasteiger partial charge in [0.1, 0.15) is 0 Å². The number of amides is 1. The molecule has 1 N–H and O–H groups in total. The topological polar surface area (TPSA) is 73.2 Å². The third-order valence-corrected chi connectivity index (χ3v) is 5.69. The lowest BCUT2D eigenvalue weighted by molar-refractivity contribution is -0.119. The van der Waals surface area contributed by atoms with Gasteiger partial charge in [-0.3, -0.25) is 14.2 Å². The summed E-state index contributed by atoms with van der Waals surface area (Å²) in [5.74, 6) is 0.472.